The summed E-state index contributed by atoms with van der Waals surface area (Å²) in [6, 6.07) is 7.99. The van der Waals surface area contributed by atoms with E-state index in [4.69, 9.17) is 10.5 Å². The molecule has 0 bridgehead atoms. The summed E-state index contributed by atoms with van der Waals surface area (Å²) in [6.45, 7) is 5.71. The molecule has 21 heavy (non-hydrogen) atoms. The van der Waals surface area contributed by atoms with Gasteiger partial charge in [-0.1, -0.05) is 25.1 Å². The number of aromatic hydroxyl groups is 1. The summed E-state index contributed by atoms with van der Waals surface area (Å²) in [5.74, 6) is 0.408. The minimum atomic E-state index is 0.302. The zero-order chi connectivity index (χ0) is 15.1. The van der Waals surface area contributed by atoms with E-state index in [2.05, 4.69) is 11.8 Å². The van der Waals surface area contributed by atoms with Gasteiger partial charge in [-0.05, 0) is 38.3 Å². The Balaban J connectivity index is 1.89. The minimum Gasteiger partial charge on any atom is -0.508 e. The van der Waals surface area contributed by atoms with Crippen molar-refractivity contribution in [1.29, 1.82) is 0 Å². The molecule has 0 amide bonds. The molecule has 1 aliphatic heterocycles. The van der Waals surface area contributed by atoms with E-state index < -0.39 is 0 Å². The normalized spacial score (nSPS) is 18.8. The molecule has 0 aliphatic carbocycles. The van der Waals surface area contributed by atoms with Gasteiger partial charge in [0.2, 0.25) is 0 Å². The molecular weight excluding hydrogens is 264 g/mol. The smallest absolute Gasteiger partial charge is 0.120 e. The van der Waals surface area contributed by atoms with Crippen molar-refractivity contribution in [2.45, 2.75) is 44.8 Å². The van der Waals surface area contributed by atoms with Gasteiger partial charge < -0.3 is 15.6 Å². The number of phenols is 1. The fourth-order valence-electron chi connectivity index (χ4n) is 3.13. The molecule has 1 atom stereocenters. The minimum absolute atomic E-state index is 0.302. The predicted octanol–water partition coefficient (Wildman–Crippen LogP) is 2.67. The van der Waals surface area contributed by atoms with Gasteiger partial charge in [0, 0.05) is 31.3 Å². The molecule has 0 spiro atoms. The topological polar surface area (TPSA) is 58.7 Å². The lowest BCUT2D eigenvalue weighted by Crippen LogP contribution is -2.39. The third kappa shape index (κ3) is 4.43. The maximum absolute atomic E-state index is 10.1. The zero-order valence-corrected chi connectivity index (χ0v) is 13.0. The van der Waals surface area contributed by atoms with Crippen molar-refractivity contribution in [3.8, 4) is 5.75 Å². The van der Waals surface area contributed by atoms with Crippen LogP contribution in [0.3, 0.4) is 0 Å². The van der Waals surface area contributed by atoms with Gasteiger partial charge >= 0.3 is 0 Å². The van der Waals surface area contributed by atoms with Gasteiger partial charge in [0.25, 0.3) is 0 Å². The third-order valence-electron chi connectivity index (χ3n) is 4.30. The Hall–Kier alpha value is -1.10. The molecule has 1 saturated heterocycles. The van der Waals surface area contributed by atoms with E-state index in [-0.39, 0.29) is 0 Å². The number of phenolic OH excluding ortho intramolecular Hbond substituents is 1. The van der Waals surface area contributed by atoms with Crippen LogP contribution in [0.4, 0.5) is 0 Å². The predicted molar refractivity (Wildman–Crippen MR) is 85.4 cm³/mol. The average Bonchev–Trinajstić information content (AvgIpc) is 2.51. The van der Waals surface area contributed by atoms with Crippen molar-refractivity contribution in [2.75, 3.05) is 26.2 Å². The van der Waals surface area contributed by atoms with Gasteiger partial charge in [0.15, 0.2) is 0 Å². The number of hydrogen-bond acceptors (Lipinski definition) is 4. The molecule has 4 heteroatoms. The standard InChI is InChI=1S/C17H28N2O2/c1-2-16(15-6-3-4-7-17(15)20)19-11-8-14(9-12-19)21-13-5-10-18/h3-4,6-7,14,16,20H,2,5,8-13,18H2,1H3. The molecule has 1 aromatic carbocycles. The Kier molecular flexibility index (Phi) is 6.49. The summed E-state index contributed by atoms with van der Waals surface area (Å²) in [5, 5.41) is 10.1. The van der Waals surface area contributed by atoms with Crippen LogP contribution in [0.1, 0.15) is 44.2 Å². The largest absolute Gasteiger partial charge is 0.508 e. The molecule has 0 radical (unpaired) electrons. The van der Waals surface area contributed by atoms with Gasteiger partial charge in [-0.2, -0.15) is 0 Å². The maximum Gasteiger partial charge on any atom is 0.120 e. The number of rotatable bonds is 7. The molecule has 1 heterocycles. The van der Waals surface area contributed by atoms with Gasteiger partial charge in [0.05, 0.1) is 6.10 Å². The summed E-state index contributed by atoms with van der Waals surface area (Å²) >= 11 is 0. The Morgan fingerprint density at radius 3 is 2.67 bits per heavy atom. The first-order chi connectivity index (χ1) is 10.3. The van der Waals surface area contributed by atoms with E-state index in [0.717, 1.165) is 50.9 Å². The highest BCUT2D eigenvalue weighted by Crippen LogP contribution is 2.33. The van der Waals surface area contributed by atoms with E-state index in [1.165, 1.54) is 0 Å². The lowest BCUT2D eigenvalue weighted by atomic mass is 9.98. The second-order valence-corrected chi connectivity index (χ2v) is 5.73. The number of likely N-dealkylation sites (tertiary alicyclic amines) is 1. The second kappa shape index (κ2) is 8.37. The zero-order valence-electron chi connectivity index (χ0n) is 13.0. The number of para-hydroxylation sites is 1. The van der Waals surface area contributed by atoms with Crippen LogP contribution in [0.5, 0.6) is 5.75 Å². The molecule has 1 unspecified atom stereocenters. The SMILES string of the molecule is CCC(c1ccccc1O)N1CCC(OCCCN)CC1. The Bertz CT molecular complexity index is 417. The Morgan fingerprint density at radius 1 is 1.33 bits per heavy atom. The molecule has 1 aliphatic rings. The van der Waals surface area contributed by atoms with Crippen LogP contribution in [0.2, 0.25) is 0 Å². The van der Waals surface area contributed by atoms with Crippen LogP contribution < -0.4 is 5.73 Å². The van der Waals surface area contributed by atoms with Gasteiger partial charge in [-0.3, -0.25) is 4.90 Å². The van der Waals surface area contributed by atoms with Crippen molar-refractivity contribution in [3.05, 3.63) is 29.8 Å². The molecule has 118 valence electrons. The lowest BCUT2D eigenvalue weighted by Gasteiger charge is -2.37. The van der Waals surface area contributed by atoms with Crippen LogP contribution in [0, 0.1) is 0 Å². The number of nitrogens with zero attached hydrogens (tertiary/aromatic N) is 1. The van der Waals surface area contributed by atoms with Crippen LogP contribution in [-0.2, 0) is 4.74 Å². The van der Waals surface area contributed by atoms with Crippen LogP contribution in [0.25, 0.3) is 0 Å². The quantitative estimate of drug-likeness (QED) is 0.759. The maximum atomic E-state index is 10.1. The third-order valence-corrected chi connectivity index (χ3v) is 4.30. The van der Waals surface area contributed by atoms with Gasteiger partial charge in [-0.25, -0.2) is 0 Å². The summed E-state index contributed by atoms with van der Waals surface area (Å²) in [7, 11) is 0. The average molecular weight is 292 g/mol. The summed E-state index contributed by atoms with van der Waals surface area (Å²) in [5.41, 5.74) is 6.53. The first-order valence-electron chi connectivity index (χ1n) is 8.09. The summed E-state index contributed by atoms with van der Waals surface area (Å²) < 4.78 is 5.86. The highest BCUT2D eigenvalue weighted by atomic mass is 16.5. The van der Waals surface area contributed by atoms with E-state index >= 15 is 0 Å². The second-order valence-electron chi connectivity index (χ2n) is 5.73. The number of ether oxygens (including phenoxy) is 1. The Morgan fingerprint density at radius 2 is 2.05 bits per heavy atom. The molecule has 0 aromatic heterocycles. The lowest BCUT2D eigenvalue weighted by molar-refractivity contribution is -0.00315. The molecule has 2 rings (SSSR count). The first kappa shape index (κ1) is 16.3. The number of nitrogens with two attached hydrogens (primary N) is 1. The molecule has 3 N–H and O–H groups in total. The van der Waals surface area contributed by atoms with Crippen molar-refractivity contribution in [3.63, 3.8) is 0 Å². The summed E-state index contributed by atoms with van der Waals surface area (Å²) in [6.07, 6.45) is 4.45. The molecular formula is C17H28N2O2. The highest BCUT2D eigenvalue weighted by Gasteiger charge is 2.26. The van der Waals surface area contributed by atoms with Crippen molar-refractivity contribution in [1.82, 2.24) is 4.90 Å². The fourth-order valence-corrected chi connectivity index (χ4v) is 3.13. The molecule has 4 nitrogen and oxygen atoms in total. The molecule has 1 aromatic rings. The van der Waals surface area contributed by atoms with Gasteiger partial charge in [-0.15, -0.1) is 0 Å². The van der Waals surface area contributed by atoms with Crippen molar-refractivity contribution in [2.24, 2.45) is 5.73 Å². The first-order valence-corrected chi connectivity index (χ1v) is 8.09. The van der Waals surface area contributed by atoms with Crippen molar-refractivity contribution < 1.29 is 9.84 Å². The number of benzene rings is 1. The van der Waals surface area contributed by atoms with E-state index in [1.807, 2.05) is 18.2 Å². The van der Waals surface area contributed by atoms with Crippen LogP contribution in [-0.4, -0.2) is 42.4 Å². The fraction of sp³-hybridized carbons (Fsp3) is 0.647. The molecule has 0 saturated carbocycles. The van der Waals surface area contributed by atoms with Crippen LogP contribution in [0.15, 0.2) is 24.3 Å². The van der Waals surface area contributed by atoms with Crippen LogP contribution >= 0.6 is 0 Å². The molecule has 1 fully saturated rings. The Labute approximate surface area is 127 Å². The van der Waals surface area contributed by atoms with E-state index in [0.29, 0.717) is 24.4 Å². The van der Waals surface area contributed by atoms with Gasteiger partial charge in [0.1, 0.15) is 5.75 Å². The summed E-state index contributed by atoms with van der Waals surface area (Å²) in [4.78, 5) is 2.47. The van der Waals surface area contributed by atoms with Crippen molar-refractivity contribution >= 4 is 0 Å². The monoisotopic (exact) mass is 292 g/mol. The van der Waals surface area contributed by atoms with E-state index in [9.17, 15) is 5.11 Å². The highest BCUT2D eigenvalue weighted by molar-refractivity contribution is 5.34. The van der Waals surface area contributed by atoms with E-state index in [1.54, 1.807) is 6.07 Å². The number of piperidine rings is 1. The number of hydrogen-bond donors (Lipinski definition) is 2.